The molecular weight excluding hydrogens is 1290 g/mol. The summed E-state index contributed by atoms with van der Waals surface area (Å²) in [5.41, 5.74) is 15.0. The van der Waals surface area contributed by atoms with Crippen LogP contribution in [0.3, 0.4) is 0 Å². The van der Waals surface area contributed by atoms with Crippen LogP contribution in [0.1, 0.15) is 0 Å². The summed E-state index contributed by atoms with van der Waals surface area (Å²) in [4.78, 5) is 23.4. The van der Waals surface area contributed by atoms with Gasteiger partial charge in [0.1, 0.15) is 0 Å². The third kappa shape index (κ3) is 9.67. The quantitative estimate of drug-likeness (QED) is 0.138. The van der Waals surface area contributed by atoms with Gasteiger partial charge in [-0.2, -0.15) is 0 Å². The molecule has 101 heavy (non-hydrogen) atoms. The van der Waals surface area contributed by atoms with E-state index in [9.17, 15) is 0 Å². The van der Waals surface area contributed by atoms with E-state index in [1.165, 1.54) is 127 Å². The minimum atomic E-state index is 0.267. The van der Waals surface area contributed by atoms with Gasteiger partial charge in [-0.1, -0.05) is 279 Å². The molecule has 0 spiro atoms. The van der Waals surface area contributed by atoms with E-state index >= 15 is 0 Å². The fraction of sp³-hybridized carbons (Fsp3) is 0. The molecule has 22 rings (SSSR count). The van der Waals surface area contributed by atoms with Gasteiger partial charge in [-0.05, 0) is 104 Å². The molecule has 0 aliphatic heterocycles. The number of fused-ring (bicyclic) bond motifs is 26. The van der Waals surface area contributed by atoms with Crippen molar-refractivity contribution in [3.8, 4) is 50.7 Å². The Kier molecular flexibility index (Phi) is 13.9. The number of halogens is 1. The number of rotatable bonds is 5. The minimum Gasteiger partial charge on any atom is -0.354 e. The molecule has 0 aliphatic rings. The van der Waals surface area contributed by atoms with Crippen LogP contribution in [0.25, 0.3) is 200 Å². The molecule has 6 heterocycles. The standard InChI is InChI=1S/C46H27N3S.C26H15NS.C20H13ClN2/c1-3-13-28(14-4-1)31-24-26-37-36(27-31)43(30-16-5-2-6-17-30)48-46(47-37)49-38-21-11-9-19-33(38)42-44(49)35-25-23-29-15-7-8-18-32(29)40(35)41-34-20-10-12-22-39(34)50-45(41)42;1-2-8-16-15(7-1)13-14-19-22(16)23-18-10-4-6-12-21(18)28-26(23)24-17-9-3-5-11-20(17)27-25(19)24;21-20-22-18-12-11-16(14-7-3-1-4-8-14)13-17(18)19(23-20)15-9-5-2-6-10-15/h1-27H;1-14,27H;1-13H. The Hall–Kier alpha value is -12.4. The molecule has 0 bridgehead atoms. The second kappa shape index (κ2) is 23.9. The lowest BCUT2D eigenvalue weighted by Crippen LogP contribution is -2.04. The molecule has 16 aromatic carbocycles. The van der Waals surface area contributed by atoms with E-state index in [2.05, 4.69) is 293 Å². The highest BCUT2D eigenvalue weighted by Gasteiger charge is 2.26. The van der Waals surface area contributed by atoms with E-state index < -0.39 is 0 Å². The van der Waals surface area contributed by atoms with Crippen LogP contribution in [0.2, 0.25) is 5.28 Å². The zero-order valence-corrected chi connectivity index (χ0v) is 56.5. The molecular formula is C92H55ClN6S2. The number of benzene rings is 16. The van der Waals surface area contributed by atoms with Crippen molar-refractivity contribution in [2.24, 2.45) is 0 Å². The summed E-state index contributed by atoms with van der Waals surface area (Å²) >= 11 is 9.91. The second-order valence-corrected chi connectivity index (χ2v) is 28.1. The van der Waals surface area contributed by atoms with Crippen molar-refractivity contribution < 1.29 is 0 Å². The zero-order chi connectivity index (χ0) is 66.7. The lowest BCUT2D eigenvalue weighted by atomic mass is 9.95. The maximum Gasteiger partial charge on any atom is 0.235 e. The third-order valence-electron chi connectivity index (χ3n) is 20.0. The molecule has 0 fully saturated rings. The van der Waals surface area contributed by atoms with Crippen LogP contribution in [0.5, 0.6) is 0 Å². The maximum atomic E-state index is 6.11. The average Bonchev–Trinajstić information content (AvgIpc) is 1.55. The van der Waals surface area contributed by atoms with Gasteiger partial charge in [-0.15, -0.1) is 22.7 Å². The van der Waals surface area contributed by atoms with Gasteiger partial charge >= 0.3 is 0 Å². The highest BCUT2D eigenvalue weighted by atomic mass is 35.5. The summed E-state index contributed by atoms with van der Waals surface area (Å²) in [5, 5.41) is 23.1. The molecule has 0 saturated heterocycles. The number of para-hydroxylation sites is 2. The number of hydrogen-bond acceptors (Lipinski definition) is 6. The van der Waals surface area contributed by atoms with Gasteiger partial charge in [0.2, 0.25) is 11.2 Å². The number of hydrogen-bond donors (Lipinski definition) is 1. The van der Waals surface area contributed by atoms with Crippen molar-refractivity contribution in [1.82, 2.24) is 29.5 Å². The SMILES string of the molecule is Clc1nc(-c2ccccc2)c2cc(-c3ccccc3)ccc2n1.c1ccc(-c2ccc3nc(-n4c5ccccc5c5c6sc7ccccc7c6c6c7ccccc7ccc6c54)nc(-c4ccccc4)c3c2)cc1.c1ccc2c(c1)ccc1c3[nH]c4ccccc4c3c3sc4ccccc4c3c21. The van der Waals surface area contributed by atoms with Crippen molar-refractivity contribution in [1.29, 1.82) is 0 Å². The molecule has 9 heteroatoms. The van der Waals surface area contributed by atoms with Gasteiger partial charge in [0.05, 0.1) is 39.0 Å². The monoisotopic (exact) mass is 1340 g/mol. The first-order chi connectivity index (χ1) is 50.0. The van der Waals surface area contributed by atoms with Gasteiger partial charge in [0.25, 0.3) is 0 Å². The lowest BCUT2D eigenvalue weighted by molar-refractivity contribution is 1.02. The van der Waals surface area contributed by atoms with Crippen LogP contribution in [-0.4, -0.2) is 29.5 Å². The van der Waals surface area contributed by atoms with Crippen LogP contribution in [-0.2, 0) is 0 Å². The summed E-state index contributed by atoms with van der Waals surface area (Å²) < 4.78 is 7.66. The molecule has 6 nitrogen and oxygen atoms in total. The van der Waals surface area contributed by atoms with E-state index in [1.807, 2.05) is 77.3 Å². The van der Waals surface area contributed by atoms with Gasteiger partial charge in [-0.25, -0.2) is 19.9 Å². The lowest BCUT2D eigenvalue weighted by Gasteiger charge is -2.14. The molecule has 6 aromatic heterocycles. The summed E-state index contributed by atoms with van der Waals surface area (Å²) in [7, 11) is 0. The van der Waals surface area contributed by atoms with Gasteiger partial charge in [-0.3, -0.25) is 4.57 Å². The molecule has 0 aliphatic carbocycles. The topological polar surface area (TPSA) is 72.3 Å². The first-order valence-electron chi connectivity index (χ1n) is 33.9. The fourth-order valence-electron chi connectivity index (χ4n) is 15.5. The highest BCUT2D eigenvalue weighted by molar-refractivity contribution is 7.27. The fourth-order valence-corrected chi connectivity index (χ4v) is 18.2. The first-order valence-corrected chi connectivity index (χ1v) is 35.9. The van der Waals surface area contributed by atoms with E-state index in [0.717, 1.165) is 66.5 Å². The Morgan fingerprint density at radius 3 is 1.32 bits per heavy atom. The predicted octanol–water partition coefficient (Wildman–Crippen LogP) is 26.3. The summed E-state index contributed by atoms with van der Waals surface area (Å²) in [6.45, 7) is 0. The Morgan fingerprint density at radius 1 is 0.287 bits per heavy atom. The number of nitrogens with one attached hydrogen (secondary N) is 1. The number of aromatic amines is 1. The van der Waals surface area contributed by atoms with Crippen molar-refractivity contribution in [2.75, 3.05) is 0 Å². The average molecular weight is 1340 g/mol. The molecule has 0 atom stereocenters. The van der Waals surface area contributed by atoms with Gasteiger partial charge in [0.15, 0.2) is 0 Å². The Balaban J connectivity index is 0.000000113. The Bertz CT molecular complexity index is 7090. The van der Waals surface area contributed by atoms with E-state index in [1.54, 1.807) is 0 Å². The van der Waals surface area contributed by atoms with Crippen LogP contribution >= 0.6 is 34.3 Å². The molecule has 1 N–H and O–H groups in total. The van der Waals surface area contributed by atoms with Crippen LogP contribution in [0.15, 0.2) is 328 Å². The minimum absolute atomic E-state index is 0.267. The van der Waals surface area contributed by atoms with Crippen LogP contribution in [0.4, 0.5) is 0 Å². The second-order valence-electron chi connectivity index (χ2n) is 25.7. The molecule has 0 unspecified atom stereocenters. The molecule has 472 valence electrons. The predicted molar refractivity (Wildman–Crippen MR) is 432 cm³/mol. The van der Waals surface area contributed by atoms with Crippen molar-refractivity contribution in [2.45, 2.75) is 0 Å². The summed E-state index contributed by atoms with van der Waals surface area (Å²) in [5.74, 6) is 0.671. The van der Waals surface area contributed by atoms with E-state index in [-0.39, 0.29) is 5.28 Å². The van der Waals surface area contributed by atoms with Crippen molar-refractivity contribution in [3.63, 3.8) is 0 Å². The molecule has 0 radical (unpaired) electrons. The Morgan fingerprint density at radius 2 is 0.733 bits per heavy atom. The number of thiophene rings is 2. The van der Waals surface area contributed by atoms with E-state index in [0.29, 0.717) is 5.95 Å². The molecule has 22 aromatic rings. The third-order valence-corrected chi connectivity index (χ3v) is 22.5. The van der Waals surface area contributed by atoms with Crippen LogP contribution in [0, 0.1) is 0 Å². The van der Waals surface area contributed by atoms with Gasteiger partial charge in [0, 0.05) is 111 Å². The number of aromatic nitrogens is 6. The van der Waals surface area contributed by atoms with E-state index in [4.69, 9.17) is 21.6 Å². The number of H-pyrrole nitrogens is 1. The summed E-state index contributed by atoms with van der Waals surface area (Å²) in [6.07, 6.45) is 0. The Labute approximate surface area is 591 Å². The van der Waals surface area contributed by atoms with Crippen molar-refractivity contribution >= 4 is 183 Å². The highest BCUT2D eigenvalue weighted by Crippen LogP contribution is 2.51. The largest absolute Gasteiger partial charge is 0.354 e. The molecule has 0 amide bonds. The number of nitrogens with zero attached hydrogens (tertiary/aromatic N) is 5. The first kappa shape index (κ1) is 58.7. The van der Waals surface area contributed by atoms with Gasteiger partial charge < -0.3 is 4.98 Å². The van der Waals surface area contributed by atoms with Crippen LogP contribution < -0.4 is 0 Å². The molecule has 0 saturated carbocycles. The zero-order valence-electron chi connectivity index (χ0n) is 54.1. The normalized spacial score (nSPS) is 11.8. The van der Waals surface area contributed by atoms with Crippen molar-refractivity contribution in [3.05, 3.63) is 333 Å². The maximum absolute atomic E-state index is 6.11. The smallest absolute Gasteiger partial charge is 0.235 e. The summed E-state index contributed by atoms with van der Waals surface area (Å²) in [6, 6.07) is 116.